The molecule has 134 valence electrons. The van der Waals surface area contributed by atoms with Crippen molar-refractivity contribution in [3.63, 3.8) is 0 Å². The summed E-state index contributed by atoms with van der Waals surface area (Å²) in [6.07, 6.45) is 8.66. The zero-order chi connectivity index (χ0) is 17.9. The van der Waals surface area contributed by atoms with Crippen molar-refractivity contribution in [3.05, 3.63) is 66.8 Å². The molecule has 2 N–H and O–H groups in total. The van der Waals surface area contributed by atoms with Crippen molar-refractivity contribution in [3.8, 4) is 5.69 Å². The normalized spacial score (nSPS) is 20.1. The van der Waals surface area contributed by atoms with Gasteiger partial charge in [-0.15, -0.1) is 0 Å². The Balaban J connectivity index is 1.51. The van der Waals surface area contributed by atoms with Gasteiger partial charge in [0.05, 0.1) is 30.8 Å². The monoisotopic (exact) mass is 350 g/mol. The van der Waals surface area contributed by atoms with Crippen LogP contribution in [0.15, 0.2) is 55.2 Å². The third-order valence-electron chi connectivity index (χ3n) is 4.85. The van der Waals surface area contributed by atoms with E-state index in [1.807, 2.05) is 48.4 Å². The highest BCUT2D eigenvalue weighted by atomic mass is 16.1. The van der Waals surface area contributed by atoms with Crippen LogP contribution < -0.4 is 10.6 Å². The molecule has 0 aliphatic carbocycles. The SMILES string of the molecule is Cn1cncc1[C@@H]1NC(=O)CC[C@H]1NCc1nccn1-c1ccccc1. The van der Waals surface area contributed by atoms with Crippen LogP contribution in [0, 0.1) is 0 Å². The summed E-state index contributed by atoms with van der Waals surface area (Å²) < 4.78 is 4.03. The topological polar surface area (TPSA) is 76.8 Å². The molecule has 7 nitrogen and oxygen atoms in total. The standard InChI is InChI=1S/C19H22N6O/c1-24-13-20-11-16(24)19-15(7-8-18(26)23-19)22-12-17-21-9-10-25(17)14-5-3-2-4-6-14/h2-6,9-11,13,15,19,22H,7-8,12H2,1H3,(H,23,26)/t15-,19-/m1/s1. The summed E-state index contributed by atoms with van der Waals surface area (Å²) in [7, 11) is 1.95. The predicted octanol–water partition coefficient (Wildman–Crippen LogP) is 1.72. The van der Waals surface area contributed by atoms with E-state index in [0.717, 1.165) is 23.6 Å². The van der Waals surface area contributed by atoms with Crippen LogP contribution in [0.3, 0.4) is 0 Å². The van der Waals surface area contributed by atoms with E-state index in [4.69, 9.17) is 0 Å². The van der Waals surface area contributed by atoms with Gasteiger partial charge in [0.2, 0.25) is 5.91 Å². The molecule has 3 aromatic rings. The van der Waals surface area contributed by atoms with Crippen molar-refractivity contribution in [2.24, 2.45) is 7.05 Å². The van der Waals surface area contributed by atoms with E-state index in [9.17, 15) is 4.79 Å². The van der Waals surface area contributed by atoms with Gasteiger partial charge in [0.1, 0.15) is 5.82 Å². The van der Waals surface area contributed by atoms with Crippen molar-refractivity contribution in [1.82, 2.24) is 29.7 Å². The number of amides is 1. The van der Waals surface area contributed by atoms with Crippen LogP contribution in [0.1, 0.15) is 30.4 Å². The van der Waals surface area contributed by atoms with E-state index >= 15 is 0 Å². The van der Waals surface area contributed by atoms with E-state index < -0.39 is 0 Å². The van der Waals surface area contributed by atoms with Crippen LogP contribution in [0.5, 0.6) is 0 Å². The molecule has 1 amide bonds. The Morgan fingerprint density at radius 1 is 1.31 bits per heavy atom. The van der Waals surface area contributed by atoms with Gasteiger partial charge in [-0.05, 0) is 18.6 Å². The average molecular weight is 350 g/mol. The lowest BCUT2D eigenvalue weighted by Gasteiger charge is -2.33. The Hall–Kier alpha value is -2.93. The first-order valence-electron chi connectivity index (χ1n) is 8.79. The molecule has 2 aromatic heterocycles. The summed E-state index contributed by atoms with van der Waals surface area (Å²) in [5.74, 6) is 1.02. The Morgan fingerprint density at radius 2 is 2.15 bits per heavy atom. The fourth-order valence-electron chi connectivity index (χ4n) is 3.48. The molecule has 2 atom stereocenters. The number of carbonyl (C=O) groups excluding carboxylic acids is 1. The molecule has 3 heterocycles. The molecule has 7 heteroatoms. The van der Waals surface area contributed by atoms with Crippen molar-refractivity contribution >= 4 is 5.91 Å². The lowest BCUT2D eigenvalue weighted by molar-refractivity contribution is -0.124. The molecular formula is C19H22N6O. The second kappa shape index (κ2) is 7.13. The Labute approximate surface area is 152 Å². The fourth-order valence-corrected chi connectivity index (χ4v) is 3.48. The zero-order valence-corrected chi connectivity index (χ0v) is 14.7. The average Bonchev–Trinajstić information content (AvgIpc) is 3.30. The van der Waals surface area contributed by atoms with E-state index in [2.05, 4.69) is 37.3 Å². The van der Waals surface area contributed by atoms with Crippen LogP contribution in [-0.2, 0) is 18.4 Å². The molecular weight excluding hydrogens is 328 g/mol. The quantitative estimate of drug-likeness (QED) is 0.734. The predicted molar refractivity (Wildman–Crippen MR) is 97.5 cm³/mol. The number of imidazole rings is 2. The molecule has 0 bridgehead atoms. The van der Waals surface area contributed by atoms with Crippen LogP contribution in [0.4, 0.5) is 0 Å². The van der Waals surface area contributed by atoms with Crippen molar-refractivity contribution in [2.75, 3.05) is 0 Å². The summed E-state index contributed by atoms with van der Waals surface area (Å²) in [5.41, 5.74) is 2.09. The third kappa shape index (κ3) is 3.25. The third-order valence-corrected chi connectivity index (χ3v) is 4.85. The van der Waals surface area contributed by atoms with Gasteiger partial charge >= 0.3 is 0 Å². The lowest BCUT2D eigenvalue weighted by Crippen LogP contribution is -2.48. The highest BCUT2D eigenvalue weighted by molar-refractivity contribution is 5.77. The second-order valence-corrected chi connectivity index (χ2v) is 6.55. The van der Waals surface area contributed by atoms with E-state index in [1.165, 1.54) is 0 Å². The summed E-state index contributed by atoms with van der Waals surface area (Å²) in [4.78, 5) is 20.6. The molecule has 1 fully saturated rings. The number of aromatic nitrogens is 4. The maximum atomic E-state index is 11.9. The highest BCUT2D eigenvalue weighted by Crippen LogP contribution is 2.24. The van der Waals surface area contributed by atoms with Crippen LogP contribution in [0.25, 0.3) is 5.69 Å². The number of para-hydroxylation sites is 1. The summed E-state index contributed by atoms with van der Waals surface area (Å²) in [6, 6.07) is 10.2. The van der Waals surface area contributed by atoms with Gasteiger partial charge in [-0.2, -0.15) is 0 Å². The largest absolute Gasteiger partial charge is 0.346 e. The van der Waals surface area contributed by atoms with Gasteiger partial charge in [0, 0.05) is 37.6 Å². The molecule has 1 aliphatic rings. The van der Waals surface area contributed by atoms with E-state index in [1.54, 1.807) is 6.33 Å². The van der Waals surface area contributed by atoms with E-state index in [0.29, 0.717) is 13.0 Å². The maximum absolute atomic E-state index is 11.9. The number of hydrogen-bond donors (Lipinski definition) is 2. The summed E-state index contributed by atoms with van der Waals surface area (Å²) in [6.45, 7) is 0.622. The minimum atomic E-state index is -0.0936. The first-order valence-corrected chi connectivity index (χ1v) is 8.79. The zero-order valence-electron chi connectivity index (χ0n) is 14.7. The minimum absolute atomic E-state index is 0.0834. The van der Waals surface area contributed by atoms with Crippen LogP contribution in [0.2, 0.25) is 0 Å². The van der Waals surface area contributed by atoms with Crippen LogP contribution in [-0.4, -0.2) is 31.1 Å². The number of hydrogen-bond acceptors (Lipinski definition) is 4. The molecule has 0 radical (unpaired) electrons. The molecule has 0 spiro atoms. The number of carbonyl (C=O) groups is 1. The highest BCUT2D eigenvalue weighted by Gasteiger charge is 2.31. The minimum Gasteiger partial charge on any atom is -0.346 e. The van der Waals surface area contributed by atoms with Crippen molar-refractivity contribution in [2.45, 2.75) is 31.5 Å². The molecule has 4 rings (SSSR count). The van der Waals surface area contributed by atoms with Gasteiger partial charge in [-0.1, -0.05) is 18.2 Å². The second-order valence-electron chi connectivity index (χ2n) is 6.55. The molecule has 26 heavy (non-hydrogen) atoms. The van der Waals surface area contributed by atoms with Gasteiger partial charge in [0.15, 0.2) is 0 Å². The van der Waals surface area contributed by atoms with Gasteiger partial charge in [-0.3, -0.25) is 4.79 Å². The van der Waals surface area contributed by atoms with Crippen molar-refractivity contribution < 1.29 is 4.79 Å². The number of nitrogens with one attached hydrogen (secondary N) is 2. The molecule has 0 unspecified atom stereocenters. The number of rotatable bonds is 5. The molecule has 1 aliphatic heterocycles. The Morgan fingerprint density at radius 3 is 2.92 bits per heavy atom. The molecule has 0 saturated carbocycles. The summed E-state index contributed by atoms with van der Waals surface area (Å²) in [5, 5.41) is 6.68. The number of piperidine rings is 1. The molecule has 1 aromatic carbocycles. The fraction of sp³-hybridized carbons (Fsp3) is 0.316. The number of benzene rings is 1. The Kier molecular flexibility index (Phi) is 4.53. The number of aryl methyl sites for hydroxylation is 1. The maximum Gasteiger partial charge on any atom is 0.220 e. The van der Waals surface area contributed by atoms with E-state index in [-0.39, 0.29) is 18.0 Å². The first-order chi connectivity index (χ1) is 12.7. The van der Waals surface area contributed by atoms with Crippen molar-refractivity contribution in [1.29, 1.82) is 0 Å². The Bertz CT molecular complexity index is 884. The van der Waals surface area contributed by atoms with Gasteiger partial charge in [-0.25, -0.2) is 9.97 Å². The number of nitrogens with zero attached hydrogens (tertiary/aromatic N) is 4. The lowest BCUT2D eigenvalue weighted by atomic mass is 9.95. The first kappa shape index (κ1) is 16.5. The molecule has 1 saturated heterocycles. The van der Waals surface area contributed by atoms with Gasteiger partial charge in [0.25, 0.3) is 0 Å². The van der Waals surface area contributed by atoms with Crippen LogP contribution >= 0.6 is 0 Å². The smallest absolute Gasteiger partial charge is 0.220 e. The van der Waals surface area contributed by atoms with Gasteiger partial charge < -0.3 is 19.8 Å². The summed E-state index contributed by atoms with van der Waals surface area (Å²) >= 11 is 0.